The van der Waals surface area contributed by atoms with Crippen LogP contribution in [0.2, 0.25) is 0 Å². The van der Waals surface area contributed by atoms with E-state index in [4.69, 9.17) is 10.3 Å². The van der Waals surface area contributed by atoms with Gasteiger partial charge in [0, 0.05) is 0 Å². The SMILES string of the molecule is Cl.NC1(c2noc(CN3C(=O)NC4(CCCC4)C3=O)n2)CCC1. The highest BCUT2D eigenvalue weighted by molar-refractivity contribution is 6.07. The monoisotopic (exact) mass is 341 g/mol. The maximum absolute atomic E-state index is 12.5. The number of carbonyl (C=O) groups excluding carboxylic acids is 2. The molecular formula is C14H20ClN5O3. The van der Waals surface area contributed by atoms with Crippen molar-refractivity contribution in [1.29, 1.82) is 0 Å². The van der Waals surface area contributed by atoms with Gasteiger partial charge in [0.05, 0.1) is 5.54 Å². The zero-order valence-electron chi connectivity index (χ0n) is 12.7. The second kappa shape index (κ2) is 5.45. The lowest BCUT2D eigenvalue weighted by atomic mass is 9.77. The molecular weight excluding hydrogens is 322 g/mol. The molecule has 0 aromatic carbocycles. The van der Waals surface area contributed by atoms with Crippen molar-refractivity contribution in [2.45, 2.75) is 62.6 Å². The number of nitrogens with zero attached hydrogens (tertiary/aromatic N) is 3. The summed E-state index contributed by atoms with van der Waals surface area (Å²) < 4.78 is 5.18. The van der Waals surface area contributed by atoms with E-state index in [9.17, 15) is 9.59 Å². The Balaban J connectivity index is 0.00000156. The molecule has 1 spiro atoms. The number of nitrogens with two attached hydrogens (primary N) is 1. The van der Waals surface area contributed by atoms with Crippen LogP contribution in [0.25, 0.3) is 0 Å². The van der Waals surface area contributed by atoms with Crippen LogP contribution in [-0.2, 0) is 16.9 Å². The summed E-state index contributed by atoms with van der Waals surface area (Å²) in [7, 11) is 0. The van der Waals surface area contributed by atoms with E-state index in [1.807, 2.05) is 0 Å². The van der Waals surface area contributed by atoms with E-state index < -0.39 is 11.1 Å². The molecule has 1 saturated heterocycles. The zero-order valence-corrected chi connectivity index (χ0v) is 13.5. The van der Waals surface area contributed by atoms with Crippen molar-refractivity contribution in [3.8, 4) is 0 Å². The molecule has 0 atom stereocenters. The Morgan fingerprint density at radius 3 is 2.48 bits per heavy atom. The average Bonchev–Trinajstić information content (AvgIpc) is 3.15. The van der Waals surface area contributed by atoms with E-state index in [1.165, 1.54) is 4.90 Å². The first-order chi connectivity index (χ1) is 10.5. The molecule has 1 aromatic heterocycles. The third-order valence-corrected chi connectivity index (χ3v) is 5.16. The fourth-order valence-corrected chi connectivity index (χ4v) is 3.58. The highest BCUT2D eigenvalue weighted by Gasteiger charge is 2.52. The van der Waals surface area contributed by atoms with Gasteiger partial charge < -0.3 is 15.6 Å². The van der Waals surface area contributed by atoms with Crippen LogP contribution in [0.15, 0.2) is 4.52 Å². The van der Waals surface area contributed by atoms with Gasteiger partial charge in [-0.05, 0) is 32.1 Å². The smallest absolute Gasteiger partial charge is 0.325 e. The van der Waals surface area contributed by atoms with Crippen molar-refractivity contribution in [2.75, 3.05) is 0 Å². The van der Waals surface area contributed by atoms with E-state index >= 15 is 0 Å². The van der Waals surface area contributed by atoms with E-state index in [0.29, 0.717) is 18.7 Å². The lowest BCUT2D eigenvalue weighted by Gasteiger charge is -2.34. The summed E-state index contributed by atoms with van der Waals surface area (Å²) in [6.07, 6.45) is 6.04. The van der Waals surface area contributed by atoms with Gasteiger partial charge in [-0.1, -0.05) is 18.0 Å². The first-order valence-corrected chi connectivity index (χ1v) is 7.79. The largest absolute Gasteiger partial charge is 0.337 e. The Hall–Kier alpha value is -1.67. The molecule has 2 saturated carbocycles. The Morgan fingerprint density at radius 1 is 1.17 bits per heavy atom. The molecule has 0 unspecified atom stereocenters. The predicted octanol–water partition coefficient (Wildman–Crippen LogP) is 1.19. The minimum absolute atomic E-state index is 0. The molecule has 4 rings (SSSR count). The number of aromatic nitrogens is 2. The van der Waals surface area contributed by atoms with Crippen molar-refractivity contribution in [3.63, 3.8) is 0 Å². The van der Waals surface area contributed by atoms with Gasteiger partial charge in [-0.2, -0.15) is 4.98 Å². The van der Waals surface area contributed by atoms with Gasteiger partial charge in [0.1, 0.15) is 12.1 Å². The fraction of sp³-hybridized carbons (Fsp3) is 0.714. The number of carbonyl (C=O) groups is 2. The molecule has 1 aromatic rings. The second-order valence-corrected chi connectivity index (χ2v) is 6.63. The Kier molecular flexibility index (Phi) is 3.84. The summed E-state index contributed by atoms with van der Waals surface area (Å²) in [5, 5.41) is 6.74. The zero-order chi connectivity index (χ0) is 15.4. The van der Waals surface area contributed by atoms with Crippen LogP contribution >= 0.6 is 12.4 Å². The number of hydrogen-bond acceptors (Lipinski definition) is 6. The summed E-state index contributed by atoms with van der Waals surface area (Å²) >= 11 is 0. The Bertz CT molecular complexity index is 636. The van der Waals surface area contributed by atoms with Crippen LogP contribution in [0.3, 0.4) is 0 Å². The van der Waals surface area contributed by atoms with Gasteiger partial charge in [-0.25, -0.2) is 4.79 Å². The van der Waals surface area contributed by atoms with Gasteiger partial charge >= 0.3 is 6.03 Å². The van der Waals surface area contributed by atoms with Crippen LogP contribution in [0.4, 0.5) is 4.79 Å². The van der Waals surface area contributed by atoms with Gasteiger partial charge in [-0.15, -0.1) is 12.4 Å². The summed E-state index contributed by atoms with van der Waals surface area (Å²) in [6, 6.07) is -0.377. The minimum atomic E-state index is -0.705. The normalized spacial score (nSPS) is 24.5. The third kappa shape index (κ3) is 2.40. The number of amides is 3. The van der Waals surface area contributed by atoms with Gasteiger partial charge in [-0.3, -0.25) is 9.69 Å². The molecule has 0 bridgehead atoms. The Morgan fingerprint density at radius 2 is 1.87 bits per heavy atom. The number of urea groups is 1. The van der Waals surface area contributed by atoms with Crippen LogP contribution in [-0.4, -0.2) is 32.5 Å². The predicted molar refractivity (Wildman–Crippen MR) is 81.5 cm³/mol. The molecule has 3 amide bonds. The van der Waals surface area contributed by atoms with Crippen LogP contribution in [0, 0.1) is 0 Å². The van der Waals surface area contributed by atoms with E-state index in [0.717, 1.165) is 32.1 Å². The lowest BCUT2D eigenvalue weighted by molar-refractivity contribution is -0.131. The molecule has 3 aliphatic rings. The van der Waals surface area contributed by atoms with E-state index in [2.05, 4.69) is 15.5 Å². The lowest BCUT2D eigenvalue weighted by Crippen LogP contribution is -2.44. The molecule has 9 heteroatoms. The highest BCUT2D eigenvalue weighted by atomic mass is 35.5. The molecule has 8 nitrogen and oxygen atoms in total. The summed E-state index contributed by atoms with van der Waals surface area (Å²) in [6.45, 7) is 0.00942. The molecule has 126 valence electrons. The molecule has 1 aliphatic heterocycles. The Labute approximate surface area is 139 Å². The highest BCUT2D eigenvalue weighted by Crippen LogP contribution is 2.38. The number of rotatable bonds is 3. The quantitative estimate of drug-likeness (QED) is 0.798. The molecule has 2 aliphatic carbocycles. The van der Waals surface area contributed by atoms with E-state index in [1.54, 1.807) is 0 Å². The summed E-state index contributed by atoms with van der Waals surface area (Å²) in [4.78, 5) is 30.1. The molecule has 3 N–H and O–H groups in total. The summed E-state index contributed by atoms with van der Waals surface area (Å²) in [5.74, 6) is 0.544. The van der Waals surface area contributed by atoms with Gasteiger partial charge in [0.2, 0.25) is 5.89 Å². The first kappa shape index (κ1) is 16.2. The summed E-state index contributed by atoms with van der Waals surface area (Å²) in [5.41, 5.74) is 4.94. The maximum Gasteiger partial charge on any atom is 0.325 e. The number of imide groups is 1. The van der Waals surface area contributed by atoms with Crippen molar-refractivity contribution in [1.82, 2.24) is 20.4 Å². The molecule has 23 heavy (non-hydrogen) atoms. The second-order valence-electron chi connectivity index (χ2n) is 6.63. The van der Waals surface area contributed by atoms with Gasteiger partial charge in [0.25, 0.3) is 5.91 Å². The fourth-order valence-electron chi connectivity index (χ4n) is 3.58. The third-order valence-electron chi connectivity index (χ3n) is 5.16. The number of nitrogens with one attached hydrogen (secondary N) is 1. The van der Waals surface area contributed by atoms with Crippen molar-refractivity contribution in [3.05, 3.63) is 11.7 Å². The molecule has 0 radical (unpaired) electrons. The van der Waals surface area contributed by atoms with Crippen LogP contribution in [0.1, 0.15) is 56.7 Å². The standard InChI is InChI=1S/C14H19N5O3.ClH/c15-13(4-3-5-13)10-16-9(22-18-10)8-19-11(20)14(17-12(19)21)6-1-2-7-14;/h1-8,15H2,(H,17,21);1H. The number of halogens is 1. The van der Waals surface area contributed by atoms with Crippen molar-refractivity contribution >= 4 is 24.3 Å². The average molecular weight is 342 g/mol. The molecule has 2 heterocycles. The topological polar surface area (TPSA) is 114 Å². The molecule has 3 fully saturated rings. The first-order valence-electron chi connectivity index (χ1n) is 7.79. The van der Waals surface area contributed by atoms with Crippen LogP contribution in [0.5, 0.6) is 0 Å². The van der Waals surface area contributed by atoms with E-state index in [-0.39, 0.29) is 36.8 Å². The number of hydrogen-bond donors (Lipinski definition) is 2. The minimum Gasteiger partial charge on any atom is -0.337 e. The van der Waals surface area contributed by atoms with Crippen molar-refractivity contribution in [2.24, 2.45) is 5.73 Å². The van der Waals surface area contributed by atoms with Crippen LogP contribution < -0.4 is 11.1 Å². The van der Waals surface area contributed by atoms with Crippen molar-refractivity contribution < 1.29 is 14.1 Å². The maximum atomic E-state index is 12.5. The van der Waals surface area contributed by atoms with Gasteiger partial charge in [0.15, 0.2) is 5.82 Å².